The molecule has 0 atom stereocenters. The Hall–Kier alpha value is -3.13. The molecule has 23 heavy (non-hydrogen) atoms. The molecule has 0 aliphatic carbocycles. The van der Waals surface area contributed by atoms with E-state index >= 15 is 0 Å². The average Bonchev–Trinajstić information content (AvgIpc) is 2.62. The van der Waals surface area contributed by atoms with Gasteiger partial charge in [0, 0.05) is 16.2 Å². The van der Waals surface area contributed by atoms with Crippen molar-refractivity contribution in [3.8, 4) is 0 Å². The Morgan fingerprint density at radius 3 is 1.91 bits per heavy atom. The molecule has 2 aromatic heterocycles. The number of pyridine rings is 2. The van der Waals surface area contributed by atoms with Crippen molar-refractivity contribution in [2.24, 2.45) is 0 Å². The highest BCUT2D eigenvalue weighted by Gasteiger charge is 2.11. The van der Waals surface area contributed by atoms with Crippen molar-refractivity contribution in [1.29, 1.82) is 0 Å². The molecule has 0 saturated carbocycles. The van der Waals surface area contributed by atoms with Crippen molar-refractivity contribution in [2.75, 3.05) is 0 Å². The molecule has 0 bridgehead atoms. The van der Waals surface area contributed by atoms with Crippen molar-refractivity contribution >= 4 is 38.0 Å². The van der Waals surface area contributed by atoms with Crippen LogP contribution in [0.4, 0.5) is 0 Å². The van der Waals surface area contributed by atoms with Gasteiger partial charge in [-0.2, -0.15) is 0 Å². The molecule has 0 aliphatic rings. The quantitative estimate of drug-likeness (QED) is 0.298. The highest BCUT2D eigenvalue weighted by atomic mass is 16.1. The van der Waals surface area contributed by atoms with E-state index in [1.54, 1.807) is 0 Å². The number of aromatic nitrogens is 1. The van der Waals surface area contributed by atoms with Crippen LogP contribution in [0.5, 0.6) is 0 Å². The van der Waals surface area contributed by atoms with Crippen LogP contribution in [0.15, 0.2) is 83.7 Å². The third kappa shape index (κ3) is 1.60. The second kappa shape index (κ2) is 4.43. The Labute approximate surface area is 132 Å². The van der Waals surface area contributed by atoms with Gasteiger partial charge in [0.25, 0.3) is 5.56 Å². The van der Waals surface area contributed by atoms with Gasteiger partial charge in [0.2, 0.25) is 0 Å². The molecule has 5 aromatic rings. The Morgan fingerprint density at radius 1 is 0.565 bits per heavy atom. The first-order valence-corrected chi connectivity index (χ1v) is 7.68. The lowest BCUT2D eigenvalue weighted by atomic mass is 10.0. The minimum absolute atomic E-state index is 0.0417. The lowest BCUT2D eigenvalue weighted by Gasteiger charge is -2.12. The van der Waals surface area contributed by atoms with Crippen molar-refractivity contribution in [3.05, 3.63) is 89.2 Å². The van der Waals surface area contributed by atoms with Gasteiger partial charge in [0.05, 0.1) is 11.0 Å². The van der Waals surface area contributed by atoms with Crippen LogP contribution in [0.3, 0.4) is 0 Å². The fourth-order valence-corrected chi connectivity index (χ4v) is 3.53. The summed E-state index contributed by atoms with van der Waals surface area (Å²) in [5.74, 6) is 0. The van der Waals surface area contributed by atoms with Crippen LogP contribution < -0.4 is 5.56 Å². The second-order valence-corrected chi connectivity index (χ2v) is 5.82. The fourth-order valence-electron chi connectivity index (χ4n) is 3.53. The highest BCUT2D eigenvalue weighted by molar-refractivity contribution is 6.13. The van der Waals surface area contributed by atoms with Crippen molar-refractivity contribution in [2.45, 2.75) is 0 Å². The first-order chi connectivity index (χ1) is 11.3. The Morgan fingerprint density at radius 2 is 1.13 bits per heavy atom. The Bertz CT molecular complexity index is 1280. The summed E-state index contributed by atoms with van der Waals surface area (Å²) in [7, 11) is 0. The van der Waals surface area contributed by atoms with E-state index in [2.05, 4.69) is 24.3 Å². The summed E-state index contributed by atoms with van der Waals surface area (Å²) < 4.78 is 1.85. The van der Waals surface area contributed by atoms with Crippen LogP contribution in [-0.4, -0.2) is 4.40 Å². The third-order valence-electron chi connectivity index (χ3n) is 4.57. The number of rotatable bonds is 0. The highest BCUT2D eigenvalue weighted by Crippen LogP contribution is 2.29. The molecule has 0 amide bonds. The van der Waals surface area contributed by atoms with Gasteiger partial charge in [-0.3, -0.25) is 9.20 Å². The molecule has 5 rings (SSSR count). The minimum atomic E-state index is 0.0417. The summed E-state index contributed by atoms with van der Waals surface area (Å²) in [6, 6.07) is 26.3. The molecule has 0 fully saturated rings. The summed E-state index contributed by atoms with van der Waals surface area (Å²) in [5.41, 5.74) is 1.96. The van der Waals surface area contributed by atoms with Gasteiger partial charge in [-0.25, -0.2) is 0 Å². The Balaban J connectivity index is 2.25. The lowest BCUT2D eigenvalue weighted by Crippen LogP contribution is -2.14. The van der Waals surface area contributed by atoms with Gasteiger partial charge in [0.15, 0.2) is 0 Å². The van der Waals surface area contributed by atoms with E-state index in [0.29, 0.717) is 0 Å². The van der Waals surface area contributed by atoms with E-state index in [0.717, 1.165) is 32.6 Å². The van der Waals surface area contributed by atoms with E-state index in [4.69, 9.17) is 0 Å². The van der Waals surface area contributed by atoms with Gasteiger partial charge in [-0.15, -0.1) is 0 Å². The molecule has 0 unspecified atom stereocenters. The molecule has 108 valence electrons. The zero-order valence-electron chi connectivity index (χ0n) is 12.4. The average molecular weight is 295 g/mol. The van der Waals surface area contributed by atoms with E-state index in [1.165, 1.54) is 5.39 Å². The van der Waals surface area contributed by atoms with E-state index < -0.39 is 0 Å². The van der Waals surface area contributed by atoms with Crippen LogP contribution in [-0.2, 0) is 0 Å². The standard InChI is InChI=1S/C21H13NO/c23-21-15-8-2-1-7-14(15)13-20-18-11-4-3-9-16(18)17-10-5-6-12-19(17)22(20)21/h1-13H. The first kappa shape index (κ1) is 12.4. The zero-order chi connectivity index (χ0) is 15.4. The minimum Gasteiger partial charge on any atom is -0.276 e. The molecule has 2 heteroatoms. The van der Waals surface area contributed by atoms with Crippen molar-refractivity contribution < 1.29 is 0 Å². The molecule has 0 aliphatic heterocycles. The predicted molar refractivity (Wildman–Crippen MR) is 96.2 cm³/mol. The molecule has 0 N–H and O–H groups in total. The number of nitrogens with zero attached hydrogens (tertiary/aromatic N) is 1. The molecule has 0 spiro atoms. The monoisotopic (exact) mass is 295 g/mol. The van der Waals surface area contributed by atoms with E-state index in [9.17, 15) is 4.79 Å². The predicted octanol–water partition coefficient (Wildman–Crippen LogP) is 4.76. The van der Waals surface area contributed by atoms with Gasteiger partial charge >= 0.3 is 0 Å². The summed E-state index contributed by atoms with van der Waals surface area (Å²) in [5, 5.41) is 5.13. The molecule has 3 aromatic carbocycles. The smallest absolute Gasteiger partial charge is 0.263 e. The Kier molecular flexibility index (Phi) is 2.39. The molecule has 0 radical (unpaired) electrons. The zero-order valence-corrected chi connectivity index (χ0v) is 12.4. The van der Waals surface area contributed by atoms with Crippen LogP contribution >= 0.6 is 0 Å². The SMILES string of the molecule is O=c1c2ccccc2cc2c3ccccc3c3ccccc3n12. The fraction of sp³-hybridized carbons (Fsp3) is 0. The normalized spacial score (nSPS) is 11.7. The van der Waals surface area contributed by atoms with Gasteiger partial charge in [0.1, 0.15) is 0 Å². The van der Waals surface area contributed by atoms with Crippen LogP contribution in [0, 0.1) is 0 Å². The van der Waals surface area contributed by atoms with Gasteiger partial charge in [-0.1, -0.05) is 60.7 Å². The number of benzene rings is 3. The van der Waals surface area contributed by atoms with Gasteiger partial charge < -0.3 is 0 Å². The van der Waals surface area contributed by atoms with Gasteiger partial charge in [-0.05, 0) is 29.0 Å². The summed E-state index contributed by atoms with van der Waals surface area (Å²) in [6.07, 6.45) is 0. The number of hydrogen-bond acceptors (Lipinski definition) is 1. The van der Waals surface area contributed by atoms with Crippen LogP contribution in [0.2, 0.25) is 0 Å². The molecule has 2 heterocycles. The second-order valence-electron chi connectivity index (χ2n) is 5.82. The number of para-hydroxylation sites is 1. The molecular weight excluding hydrogens is 282 g/mol. The topological polar surface area (TPSA) is 21.5 Å². The summed E-state index contributed by atoms with van der Waals surface area (Å²) in [6.45, 7) is 0. The largest absolute Gasteiger partial charge is 0.276 e. The maximum Gasteiger partial charge on any atom is 0.263 e. The maximum absolute atomic E-state index is 13.1. The maximum atomic E-state index is 13.1. The van der Waals surface area contributed by atoms with Crippen LogP contribution in [0.25, 0.3) is 38.0 Å². The third-order valence-corrected chi connectivity index (χ3v) is 4.57. The van der Waals surface area contributed by atoms with Crippen LogP contribution in [0.1, 0.15) is 0 Å². The van der Waals surface area contributed by atoms with E-state index in [1.807, 2.05) is 59.0 Å². The molecule has 2 nitrogen and oxygen atoms in total. The lowest BCUT2D eigenvalue weighted by molar-refractivity contribution is 1.19. The molecular formula is C21H13NO. The molecule has 0 saturated heterocycles. The number of fused-ring (bicyclic) bond motifs is 7. The summed E-state index contributed by atoms with van der Waals surface area (Å²) in [4.78, 5) is 13.1. The van der Waals surface area contributed by atoms with Crippen molar-refractivity contribution in [1.82, 2.24) is 4.40 Å². The van der Waals surface area contributed by atoms with E-state index in [-0.39, 0.29) is 5.56 Å². The number of hydrogen-bond donors (Lipinski definition) is 0. The van der Waals surface area contributed by atoms with Crippen molar-refractivity contribution in [3.63, 3.8) is 0 Å². The first-order valence-electron chi connectivity index (χ1n) is 7.68. The summed E-state index contributed by atoms with van der Waals surface area (Å²) >= 11 is 0.